The van der Waals surface area contributed by atoms with Gasteiger partial charge in [0.2, 0.25) is 0 Å². The molecule has 0 spiro atoms. The van der Waals surface area contributed by atoms with Crippen LogP contribution in [0.1, 0.15) is 43.6 Å². The minimum Gasteiger partial charge on any atom is -0.508 e. The van der Waals surface area contributed by atoms with Crippen LogP contribution in [-0.2, 0) is 0 Å². The third kappa shape index (κ3) is 4.87. The van der Waals surface area contributed by atoms with Gasteiger partial charge >= 0.3 is 0 Å². The third-order valence-electron chi connectivity index (χ3n) is 7.38. The minimum absolute atomic E-state index is 0.175. The van der Waals surface area contributed by atoms with E-state index >= 15 is 0 Å². The molecule has 3 aromatic rings. The standard InChI is InChI=1S/C30H33NO4/c1-19-17-31(18-20(19)2)14-15-34-26-11-6-23(7-12-26)30-29(22-4-8-24(32)9-5-22)21(3)27-13-10-25(33)16-28(27)35-30/h4-13,16,19-20,30,32-33H,14-15,17-18H2,1-3H3/t19-,20-,30?/m0/s1. The zero-order valence-electron chi connectivity index (χ0n) is 20.6. The first-order valence-corrected chi connectivity index (χ1v) is 12.3. The Balaban J connectivity index is 1.37. The highest BCUT2D eigenvalue weighted by atomic mass is 16.5. The fourth-order valence-corrected chi connectivity index (χ4v) is 5.15. The first-order valence-electron chi connectivity index (χ1n) is 12.3. The highest BCUT2D eigenvalue weighted by Crippen LogP contribution is 2.47. The molecule has 0 saturated carbocycles. The van der Waals surface area contributed by atoms with Crippen molar-refractivity contribution in [2.24, 2.45) is 11.8 Å². The molecule has 1 unspecified atom stereocenters. The summed E-state index contributed by atoms with van der Waals surface area (Å²) < 4.78 is 12.5. The maximum Gasteiger partial charge on any atom is 0.150 e. The molecule has 1 saturated heterocycles. The second-order valence-corrected chi connectivity index (χ2v) is 9.90. The molecule has 2 N–H and O–H groups in total. The molecule has 0 aliphatic carbocycles. The van der Waals surface area contributed by atoms with E-state index in [0.717, 1.165) is 65.1 Å². The third-order valence-corrected chi connectivity index (χ3v) is 7.38. The molecule has 2 heterocycles. The van der Waals surface area contributed by atoms with Crippen molar-refractivity contribution in [2.75, 3.05) is 26.2 Å². The van der Waals surface area contributed by atoms with E-state index in [2.05, 4.69) is 25.7 Å². The van der Waals surface area contributed by atoms with Crippen molar-refractivity contribution >= 4 is 11.1 Å². The molecule has 2 aliphatic heterocycles. The number of likely N-dealkylation sites (tertiary alicyclic amines) is 1. The van der Waals surface area contributed by atoms with Crippen LogP contribution in [0.3, 0.4) is 0 Å². The number of ether oxygens (including phenoxy) is 2. The van der Waals surface area contributed by atoms with E-state index in [0.29, 0.717) is 12.4 Å². The summed E-state index contributed by atoms with van der Waals surface area (Å²) in [6.45, 7) is 10.6. The Morgan fingerprint density at radius 1 is 0.886 bits per heavy atom. The van der Waals surface area contributed by atoms with Gasteiger partial charge in [-0.25, -0.2) is 0 Å². The molecule has 182 valence electrons. The lowest BCUT2D eigenvalue weighted by Gasteiger charge is -2.31. The van der Waals surface area contributed by atoms with Crippen molar-refractivity contribution in [3.8, 4) is 23.0 Å². The zero-order valence-corrected chi connectivity index (χ0v) is 20.6. The number of rotatable bonds is 6. The number of hydrogen-bond donors (Lipinski definition) is 2. The van der Waals surface area contributed by atoms with Crippen LogP contribution in [-0.4, -0.2) is 41.4 Å². The Hall–Kier alpha value is -3.44. The molecule has 0 aromatic heterocycles. The first-order chi connectivity index (χ1) is 16.9. The van der Waals surface area contributed by atoms with Gasteiger partial charge in [-0.3, -0.25) is 4.90 Å². The minimum atomic E-state index is -0.351. The Morgan fingerprint density at radius 2 is 1.54 bits per heavy atom. The second-order valence-electron chi connectivity index (χ2n) is 9.90. The monoisotopic (exact) mass is 471 g/mol. The highest BCUT2D eigenvalue weighted by Gasteiger charge is 2.30. The van der Waals surface area contributed by atoms with Gasteiger partial charge in [0, 0.05) is 36.8 Å². The molecule has 3 aromatic carbocycles. The van der Waals surface area contributed by atoms with E-state index in [-0.39, 0.29) is 17.6 Å². The number of nitrogens with zero attached hydrogens (tertiary/aromatic N) is 1. The molecule has 3 atom stereocenters. The van der Waals surface area contributed by atoms with E-state index < -0.39 is 0 Å². The van der Waals surface area contributed by atoms with Gasteiger partial charge in [0.05, 0.1) is 0 Å². The van der Waals surface area contributed by atoms with Gasteiger partial charge < -0.3 is 19.7 Å². The molecule has 0 bridgehead atoms. The lowest BCUT2D eigenvalue weighted by Crippen LogP contribution is -2.26. The average Bonchev–Trinajstić information content (AvgIpc) is 3.17. The fraction of sp³-hybridized carbons (Fsp3) is 0.333. The summed E-state index contributed by atoms with van der Waals surface area (Å²) >= 11 is 0. The van der Waals surface area contributed by atoms with E-state index in [1.807, 2.05) is 42.5 Å². The Labute approximate surface area is 207 Å². The number of aromatic hydroxyl groups is 2. The zero-order chi connectivity index (χ0) is 24.5. The quantitative estimate of drug-likeness (QED) is 0.453. The molecular formula is C30H33NO4. The molecule has 35 heavy (non-hydrogen) atoms. The number of fused-ring (bicyclic) bond motifs is 1. The summed E-state index contributed by atoms with van der Waals surface area (Å²) in [6.07, 6.45) is -0.351. The Kier molecular flexibility index (Phi) is 6.44. The lowest BCUT2D eigenvalue weighted by atomic mass is 9.86. The Bertz CT molecular complexity index is 1210. The molecule has 5 rings (SSSR count). The summed E-state index contributed by atoms with van der Waals surface area (Å²) in [6, 6.07) is 20.5. The summed E-state index contributed by atoms with van der Waals surface area (Å²) in [5, 5.41) is 19.8. The van der Waals surface area contributed by atoms with Gasteiger partial charge in [-0.05, 0) is 71.9 Å². The molecule has 5 nitrogen and oxygen atoms in total. The predicted octanol–water partition coefficient (Wildman–Crippen LogP) is 6.13. The fourth-order valence-electron chi connectivity index (χ4n) is 5.15. The van der Waals surface area contributed by atoms with Crippen LogP contribution in [0.4, 0.5) is 0 Å². The van der Waals surface area contributed by atoms with Crippen LogP contribution < -0.4 is 9.47 Å². The van der Waals surface area contributed by atoms with Crippen molar-refractivity contribution in [3.05, 3.63) is 83.4 Å². The van der Waals surface area contributed by atoms with Gasteiger partial charge in [-0.15, -0.1) is 0 Å². The van der Waals surface area contributed by atoms with Crippen molar-refractivity contribution < 1.29 is 19.7 Å². The van der Waals surface area contributed by atoms with Crippen molar-refractivity contribution in [1.29, 1.82) is 0 Å². The van der Waals surface area contributed by atoms with Crippen LogP contribution in [0.15, 0.2) is 66.7 Å². The van der Waals surface area contributed by atoms with Gasteiger partial charge in [-0.2, -0.15) is 0 Å². The van der Waals surface area contributed by atoms with E-state index in [9.17, 15) is 10.2 Å². The summed E-state index contributed by atoms with van der Waals surface area (Å²) in [7, 11) is 0. The highest BCUT2D eigenvalue weighted by molar-refractivity contribution is 5.95. The number of hydrogen-bond acceptors (Lipinski definition) is 5. The smallest absolute Gasteiger partial charge is 0.150 e. The van der Waals surface area contributed by atoms with E-state index in [1.54, 1.807) is 24.3 Å². The van der Waals surface area contributed by atoms with Crippen LogP contribution in [0.5, 0.6) is 23.0 Å². The predicted molar refractivity (Wildman–Crippen MR) is 139 cm³/mol. The van der Waals surface area contributed by atoms with Crippen LogP contribution in [0.25, 0.3) is 11.1 Å². The number of allylic oxidation sites excluding steroid dienone is 1. The largest absolute Gasteiger partial charge is 0.508 e. The molecule has 2 aliphatic rings. The van der Waals surface area contributed by atoms with E-state index in [4.69, 9.17) is 9.47 Å². The van der Waals surface area contributed by atoms with Crippen molar-refractivity contribution in [2.45, 2.75) is 26.9 Å². The summed E-state index contributed by atoms with van der Waals surface area (Å²) in [5.74, 6) is 3.39. The maximum absolute atomic E-state index is 10.0. The van der Waals surface area contributed by atoms with Crippen LogP contribution in [0.2, 0.25) is 0 Å². The Morgan fingerprint density at radius 3 is 2.23 bits per heavy atom. The molecular weight excluding hydrogens is 438 g/mol. The molecule has 0 amide bonds. The van der Waals surface area contributed by atoms with Crippen molar-refractivity contribution in [1.82, 2.24) is 4.90 Å². The molecule has 5 heteroatoms. The van der Waals surface area contributed by atoms with Gasteiger partial charge in [0.25, 0.3) is 0 Å². The second kappa shape index (κ2) is 9.67. The van der Waals surface area contributed by atoms with Gasteiger partial charge in [-0.1, -0.05) is 38.1 Å². The topological polar surface area (TPSA) is 62.2 Å². The lowest BCUT2D eigenvalue weighted by molar-refractivity contribution is 0.231. The average molecular weight is 472 g/mol. The normalized spacial score (nSPS) is 22.1. The SMILES string of the molecule is CC1=C(c2ccc(O)cc2)C(c2ccc(OCCN3C[C@H](C)[C@@H](C)C3)cc2)Oc2cc(O)ccc21. The molecule has 0 radical (unpaired) electrons. The number of phenolic OH excluding ortho intramolecular Hbond substituents is 2. The number of benzene rings is 3. The van der Waals surface area contributed by atoms with Crippen LogP contribution in [0, 0.1) is 11.8 Å². The first kappa shape index (κ1) is 23.3. The summed E-state index contributed by atoms with van der Waals surface area (Å²) in [4.78, 5) is 2.48. The number of phenols is 2. The molecule has 1 fully saturated rings. The van der Waals surface area contributed by atoms with Crippen LogP contribution >= 0.6 is 0 Å². The van der Waals surface area contributed by atoms with Gasteiger partial charge in [0.1, 0.15) is 35.7 Å². The summed E-state index contributed by atoms with van der Waals surface area (Å²) in [5.41, 5.74) is 5.05. The van der Waals surface area contributed by atoms with Gasteiger partial charge in [0.15, 0.2) is 0 Å². The van der Waals surface area contributed by atoms with Crippen molar-refractivity contribution in [3.63, 3.8) is 0 Å². The maximum atomic E-state index is 10.0. The van der Waals surface area contributed by atoms with E-state index in [1.165, 1.54) is 0 Å².